The van der Waals surface area contributed by atoms with Gasteiger partial charge in [0.15, 0.2) is 0 Å². The van der Waals surface area contributed by atoms with Crippen molar-refractivity contribution in [3.63, 3.8) is 0 Å². The van der Waals surface area contributed by atoms with E-state index in [1.165, 1.54) is 98.4 Å². The van der Waals surface area contributed by atoms with Crippen LogP contribution in [-0.2, 0) is 0 Å². The number of fused-ring (bicyclic) bond motifs is 6. The van der Waals surface area contributed by atoms with Gasteiger partial charge in [0.2, 0.25) is 0 Å². The zero-order valence-corrected chi connectivity index (χ0v) is 27.5. The first kappa shape index (κ1) is 28.5. The van der Waals surface area contributed by atoms with Crippen molar-refractivity contribution in [2.75, 3.05) is 0 Å². The zero-order valence-electron chi connectivity index (χ0n) is 27.5. The molecule has 0 N–H and O–H groups in total. The van der Waals surface area contributed by atoms with Gasteiger partial charge in [-0.1, -0.05) is 182 Å². The second-order valence-electron chi connectivity index (χ2n) is 13.2. The molecule has 0 atom stereocenters. The van der Waals surface area contributed by atoms with E-state index in [0.717, 1.165) is 0 Å². The summed E-state index contributed by atoms with van der Waals surface area (Å²) in [6, 6.07) is 71.4. The molecule has 0 aliphatic heterocycles. The molecule has 0 bridgehead atoms. The molecule has 232 valence electrons. The lowest BCUT2D eigenvalue weighted by Gasteiger charge is -2.21. The lowest BCUT2D eigenvalue weighted by molar-refractivity contribution is 1.62. The molecule has 0 aromatic heterocycles. The van der Waals surface area contributed by atoms with Gasteiger partial charge in [0.1, 0.15) is 0 Å². The lowest BCUT2D eigenvalue weighted by Crippen LogP contribution is -1.94. The molecule has 10 aromatic carbocycles. The van der Waals surface area contributed by atoms with Crippen molar-refractivity contribution < 1.29 is 0 Å². The number of hydrogen-bond donors (Lipinski definition) is 0. The normalized spacial score (nSPS) is 11.6. The monoisotopic (exact) mass is 632 g/mol. The maximum Gasteiger partial charge on any atom is -0.00141 e. The number of rotatable bonds is 4. The summed E-state index contributed by atoms with van der Waals surface area (Å²) < 4.78 is 0. The highest BCUT2D eigenvalue weighted by Gasteiger charge is 2.21. The molecule has 0 saturated carbocycles. The molecule has 10 rings (SSSR count). The Kier molecular flexibility index (Phi) is 6.60. The molecule has 0 saturated heterocycles. The average Bonchev–Trinajstić information content (AvgIpc) is 3.19. The zero-order chi connectivity index (χ0) is 33.0. The van der Waals surface area contributed by atoms with Gasteiger partial charge < -0.3 is 0 Å². The number of hydrogen-bond acceptors (Lipinski definition) is 0. The summed E-state index contributed by atoms with van der Waals surface area (Å²) in [6.07, 6.45) is 0. The summed E-state index contributed by atoms with van der Waals surface area (Å²) in [5.74, 6) is 0. The van der Waals surface area contributed by atoms with E-state index in [1.54, 1.807) is 0 Å². The third kappa shape index (κ3) is 4.54. The quantitative estimate of drug-likeness (QED) is 0.134. The van der Waals surface area contributed by atoms with Crippen LogP contribution in [0.1, 0.15) is 0 Å². The summed E-state index contributed by atoms with van der Waals surface area (Å²) in [6.45, 7) is 0. The van der Waals surface area contributed by atoms with Gasteiger partial charge in [-0.2, -0.15) is 0 Å². The van der Waals surface area contributed by atoms with E-state index in [0.29, 0.717) is 0 Å². The van der Waals surface area contributed by atoms with Crippen molar-refractivity contribution in [2.45, 2.75) is 0 Å². The van der Waals surface area contributed by atoms with E-state index in [2.05, 4.69) is 194 Å². The summed E-state index contributed by atoms with van der Waals surface area (Å²) in [7, 11) is 0. The number of benzene rings is 10. The van der Waals surface area contributed by atoms with Crippen LogP contribution in [0.4, 0.5) is 0 Å². The largest absolute Gasteiger partial charge is 0.0622 e. The first-order valence-electron chi connectivity index (χ1n) is 17.4. The van der Waals surface area contributed by atoms with Crippen LogP contribution in [0.15, 0.2) is 194 Å². The first-order chi connectivity index (χ1) is 24.8. The van der Waals surface area contributed by atoms with Gasteiger partial charge in [0.25, 0.3) is 0 Å². The summed E-state index contributed by atoms with van der Waals surface area (Å²) in [5, 5.41) is 12.6. The average molecular weight is 633 g/mol. The Morgan fingerprint density at radius 1 is 0.220 bits per heavy atom. The highest BCUT2D eigenvalue weighted by Crippen LogP contribution is 2.49. The van der Waals surface area contributed by atoms with E-state index in [-0.39, 0.29) is 0 Å². The molecular formula is C50H32. The fourth-order valence-corrected chi connectivity index (χ4v) is 8.14. The van der Waals surface area contributed by atoms with E-state index in [1.807, 2.05) is 0 Å². The maximum absolute atomic E-state index is 2.41. The van der Waals surface area contributed by atoms with Gasteiger partial charge >= 0.3 is 0 Å². The van der Waals surface area contributed by atoms with Crippen molar-refractivity contribution in [3.8, 4) is 44.5 Å². The van der Waals surface area contributed by atoms with Crippen LogP contribution < -0.4 is 0 Å². The van der Waals surface area contributed by atoms with E-state index >= 15 is 0 Å². The molecule has 10 aromatic rings. The molecule has 0 aliphatic rings. The molecule has 0 heterocycles. The molecule has 0 spiro atoms. The van der Waals surface area contributed by atoms with E-state index in [9.17, 15) is 0 Å². The predicted octanol–water partition coefficient (Wildman–Crippen LogP) is 14.1. The van der Waals surface area contributed by atoms with Gasteiger partial charge in [-0.25, -0.2) is 0 Å². The van der Waals surface area contributed by atoms with Crippen LogP contribution in [0.2, 0.25) is 0 Å². The Labute approximate surface area is 291 Å². The van der Waals surface area contributed by atoms with Crippen molar-refractivity contribution in [1.29, 1.82) is 0 Å². The molecule has 0 fully saturated rings. The van der Waals surface area contributed by atoms with Gasteiger partial charge in [0, 0.05) is 0 Å². The SMILES string of the molecule is c1ccc(-c2cc3ccccc3cc2-c2c3ccccc3c(-c3ccc(-c4cccc5ccccc45)cc3)c3c2ccc2ccccc23)cc1. The highest BCUT2D eigenvalue weighted by atomic mass is 14.2. The first-order valence-corrected chi connectivity index (χ1v) is 17.4. The van der Waals surface area contributed by atoms with Gasteiger partial charge in [-0.15, -0.1) is 0 Å². The van der Waals surface area contributed by atoms with Crippen molar-refractivity contribution in [3.05, 3.63) is 194 Å². The Morgan fingerprint density at radius 3 is 1.44 bits per heavy atom. The topological polar surface area (TPSA) is 0 Å². The van der Waals surface area contributed by atoms with E-state index in [4.69, 9.17) is 0 Å². The molecular weight excluding hydrogens is 601 g/mol. The fraction of sp³-hybridized carbons (Fsp3) is 0. The van der Waals surface area contributed by atoms with Crippen molar-refractivity contribution >= 4 is 53.9 Å². The molecule has 0 amide bonds. The van der Waals surface area contributed by atoms with Gasteiger partial charge in [-0.05, 0) is 111 Å². The fourth-order valence-electron chi connectivity index (χ4n) is 8.14. The minimum absolute atomic E-state index is 1.22. The second-order valence-corrected chi connectivity index (χ2v) is 13.2. The molecule has 0 nitrogen and oxygen atoms in total. The summed E-state index contributed by atoms with van der Waals surface area (Å²) in [5.41, 5.74) is 9.99. The maximum atomic E-state index is 2.41. The standard InChI is InChI=1S/C50H32/c1-2-13-34(14-3-1)46-31-38-17-4-5-18-39(38)32-47(46)49-44-23-11-10-22-43(44)48(50-42-21-9-7-16-35(42)29-30-45(49)50)37-27-25-36(26-28-37)41-24-12-19-33-15-6-8-20-40(33)41/h1-32H. The smallest absolute Gasteiger partial charge is 0.00141 e. The molecule has 0 heteroatoms. The van der Waals surface area contributed by atoms with Crippen LogP contribution in [0.5, 0.6) is 0 Å². The summed E-state index contributed by atoms with van der Waals surface area (Å²) in [4.78, 5) is 0. The molecule has 0 radical (unpaired) electrons. The second kappa shape index (κ2) is 11.6. The van der Waals surface area contributed by atoms with Gasteiger partial charge in [-0.3, -0.25) is 0 Å². The van der Waals surface area contributed by atoms with Crippen LogP contribution in [0, 0.1) is 0 Å². The van der Waals surface area contributed by atoms with Crippen LogP contribution >= 0.6 is 0 Å². The molecule has 0 aliphatic carbocycles. The van der Waals surface area contributed by atoms with Crippen LogP contribution in [0.25, 0.3) is 98.4 Å². The third-order valence-corrected chi connectivity index (χ3v) is 10.4. The molecule has 50 heavy (non-hydrogen) atoms. The van der Waals surface area contributed by atoms with Crippen molar-refractivity contribution in [2.24, 2.45) is 0 Å². The van der Waals surface area contributed by atoms with E-state index < -0.39 is 0 Å². The Bertz CT molecular complexity index is 2890. The van der Waals surface area contributed by atoms with Crippen LogP contribution in [0.3, 0.4) is 0 Å². The minimum Gasteiger partial charge on any atom is -0.0622 e. The Hall–Kier alpha value is -6.50. The Balaban J connectivity index is 1.31. The Morgan fingerprint density at radius 2 is 0.720 bits per heavy atom. The molecule has 0 unspecified atom stereocenters. The lowest BCUT2D eigenvalue weighted by atomic mass is 9.81. The minimum atomic E-state index is 1.22. The summed E-state index contributed by atoms with van der Waals surface area (Å²) >= 11 is 0. The third-order valence-electron chi connectivity index (χ3n) is 10.4. The van der Waals surface area contributed by atoms with Gasteiger partial charge in [0.05, 0.1) is 0 Å². The predicted molar refractivity (Wildman–Crippen MR) is 216 cm³/mol. The van der Waals surface area contributed by atoms with Crippen molar-refractivity contribution in [1.82, 2.24) is 0 Å². The van der Waals surface area contributed by atoms with Crippen LogP contribution in [-0.4, -0.2) is 0 Å². The highest BCUT2D eigenvalue weighted by molar-refractivity contribution is 6.29.